The van der Waals surface area contributed by atoms with Gasteiger partial charge in [0.25, 0.3) is 0 Å². The summed E-state index contributed by atoms with van der Waals surface area (Å²) in [5.74, 6) is 1.84. The van der Waals surface area contributed by atoms with Crippen molar-refractivity contribution in [1.82, 2.24) is 15.3 Å². The maximum atomic E-state index is 4.34. The van der Waals surface area contributed by atoms with Crippen LogP contribution in [0.25, 0.3) is 0 Å². The van der Waals surface area contributed by atoms with Crippen LogP contribution in [0.3, 0.4) is 0 Å². The number of aromatic amines is 1. The van der Waals surface area contributed by atoms with E-state index in [1.165, 1.54) is 25.0 Å². The van der Waals surface area contributed by atoms with Crippen molar-refractivity contribution in [3.63, 3.8) is 0 Å². The summed E-state index contributed by atoms with van der Waals surface area (Å²) in [5, 5.41) is 3.26. The smallest absolute Gasteiger partial charge is 0.120 e. The first kappa shape index (κ1) is 8.75. The van der Waals surface area contributed by atoms with Gasteiger partial charge in [0.15, 0.2) is 0 Å². The Balaban J connectivity index is 1.92. The third-order valence-electron chi connectivity index (χ3n) is 2.74. The van der Waals surface area contributed by atoms with Gasteiger partial charge in [-0.3, -0.25) is 0 Å². The zero-order valence-electron chi connectivity index (χ0n) is 8.14. The van der Waals surface area contributed by atoms with E-state index < -0.39 is 0 Å². The predicted octanol–water partition coefficient (Wildman–Crippen LogP) is 1.79. The Bertz CT molecular complexity index is 263. The first-order valence-electron chi connectivity index (χ1n) is 5.14. The molecule has 0 spiro atoms. The summed E-state index contributed by atoms with van der Waals surface area (Å²) in [6.07, 6.45) is 6.05. The molecule has 13 heavy (non-hydrogen) atoms. The molecule has 0 amide bonds. The van der Waals surface area contributed by atoms with Crippen molar-refractivity contribution in [2.75, 3.05) is 6.54 Å². The van der Waals surface area contributed by atoms with Crippen molar-refractivity contribution in [3.8, 4) is 0 Å². The van der Waals surface area contributed by atoms with Crippen molar-refractivity contribution in [2.45, 2.75) is 38.6 Å². The Labute approximate surface area is 79.0 Å². The van der Waals surface area contributed by atoms with Gasteiger partial charge >= 0.3 is 0 Å². The molecule has 3 heteroatoms. The molecule has 1 aliphatic carbocycles. The fraction of sp³-hybridized carbons (Fsp3) is 0.700. The lowest BCUT2D eigenvalue weighted by Crippen LogP contribution is -2.13. The van der Waals surface area contributed by atoms with Crippen LogP contribution in [0.15, 0.2) is 6.20 Å². The molecule has 0 saturated heterocycles. The topological polar surface area (TPSA) is 40.7 Å². The summed E-state index contributed by atoms with van der Waals surface area (Å²) in [6.45, 7) is 3.97. The van der Waals surface area contributed by atoms with Crippen molar-refractivity contribution in [2.24, 2.45) is 0 Å². The molecule has 0 radical (unpaired) electrons. The number of rotatable bonds is 4. The maximum absolute atomic E-state index is 4.34. The Kier molecular flexibility index (Phi) is 2.64. The van der Waals surface area contributed by atoms with Crippen LogP contribution >= 0.6 is 0 Å². The number of aromatic nitrogens is 2. The highest BCUT2D eigenvalue weighted by atomic mass is 15.0. The fourth-order valence-corrected chi connectivity index (χ4v) is 1.64. The van der Waals surface area contributed by atoms with Gasteiger partial charge in [-0.1, -0.05) is 13.3 Å². The van der Waals surface area contributed by atoms with Crippen molar-refractivity contribution in [1.29, 1.82) is 0 Å². The summed E-state index contributed by atoms with van der Waals surface area (Å²) < 4.78 is 0. The first-order chi connectivity index (χ1) is 6.40. The van der Waals surface area contributed by atoms with E-state index in [2.05, 4.69) is 22.2 Å². The largest absolute Gasteiger partial charge is 0.345 e. The minimum Gasteiger partial charge on any atom is -0.345 e. The Morgan fingerprint density at radius 1 is 1.62 bits per heavy atom. The molecule has 1 heterocycles. The average molecular weight is 179 g/mol. The van der Waals surface area contributed by atoms with Gasteiger partial charge in [0.1, 0.15) is 5.82 Å². The van der Waals surface area contributed by atoms with Crippen LogP contribution < -0.4 is 5.32 Å². The SMILES string of the molecule is CCNCc1ncc(C2CCC2)[nH]1. The van der Waals surface area contributed by atoms with Crippen LogP contribution in [0.1, 0.15) is 43.6 Å². The molecule has 3 nitrogen and oxygen atoms in total. The van der Waals surface area contributed by atoms with Gasteiger partial charge in [-0.05, 0) is 19.4 Å². The van der Waals surface area contributed by atoms with Crippen molar-refractivity contribution < 1.29 is 0 Å². The van der Waals surface area contributed by atoms with E-state index in [-0.39, 0.29) is 0 Å². The monoisotopic (exact) mass is 179 g/mol. The van der Waals surface area contributed by atoms with E-state index in [0.29, 0.717) is 0 Å². The summed E-state index contributed by atoms with van der Waals surface area (Å²) in [7, 11) is 0. The number of H-pyrrole nitrogens is 1. The number of hydrogen-bond donors (Lipinski definition) is 2. The molecule has 2 N–H and O–H groups in total. The third kappa shape index (κ3) is 1.91. The molecule has 0 bridgehead atoms. The summed E-state index contributed by atoms with van der Waals surface area (Å²) in [4.78, 5) is 7.71. The molecular weight excluding hydrogens is 162 g/mol. The molecule has 0 aromatic carbocycles. The lowest BCUT2D eigenvalue weighted by molar-refractivity contribution is 0.412. The molecule has 1 fully saturated rings. The summed E-state index contributed by atoms with van der Waals surface area (Å²) in [5.41, 5.74) is 1.33. The van der Waals surface area contributed by atoms with Gasteiger partial charge in [0, 0.05) is 17.8 Å². The van der Waals surface area contributed by atoms with Gasteiger partial charge in [-0.15, -0.1) is 0 Å². The number of nitrogens with one attached hydrogen (secondary N) is 2. The van der Waals surface area contributed by atoms with Gasteiger partial charge in [0.2, 0.25) is 0 Å². The second kappa shape index (κ2) is 3.92. The molecule has 1 aromatic heterocycles. The first-order valence-corrected chi connectivity index (χ1v) is 5.14. The highest BCUT2D eigenvalue weighted by Gasteiger charge is 2.20. The van der Waals surface area contributed by atoms with Crippen LogP contribution in [-0.4, -0.2) is 16.5 Å². The molecule has 1 aliphatic rings. The Hall–Kier alpha value is -0.830. The predicted molar refractivity (Wildman–Crippen MR) is 52.6 cm³/mol. The van der Waals surface area contributed by atoms with Crippen LogP contribution in [0, 0.1) is 0 Å². The fourth-order valence-electron chi connectivity index (χ4n) is 1.64. The highest BCUT2D eigenvalue weighted by molar-refractivity contribution is 5.10. The molecule has 0 aliphatic heterocycles. The van der Waals surface area contributed by atoms with E-state index in [1.807, 2.05) is 6.20 Å². The van der Waals surface area contributed by atoms with Gasteiger partial charge in [-0.25, -0.2) is 4.98 Å². The molecular formula is C10H17N3. The Morgan fingerprint density at radius 3 is 3.08 bits per heavy atom. The lowest BCUT2D eigenvalue weighted by atomic mass is 9.83. The number of hydrogen-bond acceptors (Lipinski definition) is 2. The van der Waals surface area contributed by atoms with Crippen LogP contribution in [0.2, 0.25) is 0 Å². The standard InChI is InChI=1S/C10H17N3/c1-2-11-7-10-12-6-9(13-10)8-4-3-5-8/h6,8,11H,2-5,7H2,1H3,(H,12,13). The lowest BCUT2D eigenvalue weighted by Gasteiger charge is -2.23. The maximum Gasteiger partial charge on any atom is 0.120 e. The van der Waals surface area contributed by atoms with E-state index >= 15 is 0 Å². The average Bonchev–Trinajstić information content (AvgIpc) is 2.46. The summed E-state index contributed by atoms with van der Waals surface area (Å²) >= 11 is 0. The molecule has 0 unspecified atom stereocenters. The minimum atomic E-state index is 0.767. The Morgan fingerprint density at radius 2 is 2.46 bits per heavy atom. The van der Waals surface area contributed by atoms with E-state index in [9.17, 15) is 0 Å². The van der Waals surface area contributed by atoms with Crippen molar-refractivity contribution in [3.05, 3.63) is 17.7 Å². The highest BCUT2D eigenvalue weighted by Crippen LogP contribution is 2.34. The van der Waals surface area contributed by atoms with Gasteiger partial charge < -0.3 is 10.3 Å². The zero-order chi connectivity index (χ0) is 9.10. The van der Waals surface area contributed by atoms with Gasteiger partial charge in [-0.2, -0.15) is 0 Å². The second-order valence-corrected chi connectivity index (χ2v) is 3.69. The normalized spacial score (nSPS) is 17.3. The molecule has 1 aromatic rings. The number of nitrogens with zero attached hydrogens (tertiary/aromatic N) is 1. The zero-order valence-corrected chi connectivity index (χ0v) is 8.14. The van der Waals surface area contributed by atoms with Crippen LogP contribution in [0.5, 0.6) is 0 Å². The van der Waals surface area contributed by atoms with E-state index in [1.54, 1.807) is 0 Å². The minimum absolute atomic E-state index is 0.767. The van der Waals surface area contributed by atoms with Crippen LogP contribution in [-0.2, 0) is 6.54 Å². The molecule has 0 atom stereocenters. The summed E-state index contributed by atoms with van der Waals surface area (Å²) in [6, 6.07) is 0. The number of imidazole rings is 1. The molecule has 72 valence electrons. The second-order valence-electron chi connectivity index (χ2n) is 3.69. The molecule has 2 rings (SSSR count). The van der Waals surface area contributed by atoms with E-state index in [0.717, 1.165) is 24.8 Å². The van der Waals surface area contributed by atoms with Gasteiger partial charge in [0.05, 0.1) is 6.54 Å². The van der Waals surface area contributed by atoms with Crippen molar-refractivity contribution >= 4 is 0 Å². The quantitative estimate of drug-likeness (QED) is 0.739. The van der Waals surface area contributed by atoms with Crippen LogP contribution in [0.4, 0.5) is 0 Å². The molecule has 1 saturated carbocycles. The van der Waals surface area contributed by atoms with E-state index in [4.69, 9.17) is 0 Å². The third-order valence-corrected chi connectivity index (χ3v) is 2.74.